The van der Waals surface area contributed by atoms with Gasteiger partial charge >= 0.3 is 5.97 Å². The molecule has 3 N–H and O–H groups in total. The highest BCUT2D eigenvalue weighted by Crippen LogP contribution is 2.56. The summed E-state index contributed by atoms with van der Waals surface area (Å²) in [4.78, 5) is 28.9. The number of hydrazone groups is 1. The highest BCUT2D eigenvalue weighted by Gasteiger charge is 2.51. The molecule has 4 aliphatic carbocycles. The molecule has 0 unspecified atom stereocenters. The number of nitrogens with zero attached hydrogens (tertiary/aromatic N) is 7. The summed E-state index contributed by atoms with van der Waals surface area (Å²) < 4.78 is 17.4. The summed E-state index contributed by atoms with van der Waals surface area (Å²) >= 11 is 0. The zero-order valence-corrected chi connectivity index (χ0v) is 25.9. The molecule has 2 aromatic heterocycles. The highest BCUT2D eigenvalue weighted by molar-refractivity contribution is 5.95. The van der Waals surface area contributed by atoms with Crippen LogP contribution in [0.4, 0.5) is 5.82 Å². The first-order valence-electron chi connectivity index (χ1n) is 15.4. The summed E-state index contributed by atoms with van der Waals surface area (Å²) in [6.07, 6.45) is 10.7. The zero-order valence-electron chi connectivity index (χ0n) is 25.1. The van der Waals surface area contributed by atoms with Gasteiger partial charge in [-0.15, -0.1) is 17.5 Å². The Morgan fingerprint density at radius 3 is 2.47 bits per heavy atom. The van der Waals surface area contributed by atoms with Crippen LogP contribution in [0.25, 0.3) is 5.82 Å². The fraction of sp³-hybridized carbons (Fsp3) is 0.567. The Bertz CT molecular complexity index is 1540. The molecule has 5 aliphatic rings. The second-order valence-electron chi connectivity index (χ2n) is 12.6. The van der Waals surface area contributed by atoms with Gasteiger partial charge in [0.2, 0.25) is 11.6 Å². The summed E-state index contributed by atoms with van der Waals surface area (Å²) in [5.41, 5.74) is 9.68. The third kappa shape index (κ3) is 6.25. The molecule has 3 aromatic rings. The molecule has 4 saturated carbocycles. The van der Waals surface area contributed by atoms with Gasteiger partial charge in [0, 0.05) is 6.54 Å². The molecule has 8 rings (SSSR count). The predicted octanol–water partition coefficient (Wildman–Crippen LogP) is 3.39. The Hall–Kier alpha value is -4.04. The number of likely N-dealkylation sites (tertiary alicyclic amines) is 1. The van der Waals surface area contributed by atoms with Crippen LogP contribution in [0.3, 0.4) is 0 Å². The molecular weight excluding hydrogens is 602 g/mol. The number of esters is 1. The SMILES string of the molecule is COc1cc(/C=N/NC(=O)c2c(CN3CCCCC3)nnn2-c2nonc2N)ccc1OC(=O)C1C2CC3CC(C2)CC1C3.Cl. The first kappa shape index (κ1) is 31.0. The average Bonchev–Trinajstić information content (AvgIpc) is 3.63. The molecule has 1 aromatic carbocycles. The van der Waals surface area contributed by atoms with E-state index in [4.69, 9.17) is 19.8 Å². The normalized spacial score (nSPS) is 25.7. The van der Waals surface area contributed by atoms with Crippen LogP contribution in [-0.4, -0.2) is 68.5 Å². The molecule has 1 saturated heterocycles. The molecular formula is C30H38ClN9O5. The number of amides is 1. The maximum absolute atomic E-state index is 13.4. The van der Waals surface area contributed by atoms with Gasteiger partial charge in [-0.1, -0.05) is 11.6 Å². The van der Waals surface area contributed by atoms with Crippen LogP contribution in [0.1, 0.15) is 73.1 Å². The fourth-order valence-corrected chi connectivity index (χ4v) is 8.02. The molecule has 0 radical (unpaired) electrons. The zero-order chi connectivity index (χ0) is 30.2. The average molecular weight is 640 g/mol. The minimum Gasteiger partial charge on any atom is -0.493 e. The van der Waals surface area contributed by atoms with Gasteiger partial charge in [0.25, 0.3) is 5.91 Å². The molecule has 15 heteroatoms. The number of carbonyl (C=O) groups is 2. The summed E-state index contributed by atoms with van der Waals surface area (Å²) in [6, 6.07) is 5.17. The molecule has 14 nitrogen and oxygen atoms in total. The lowest BCUT2D eigenvalue weighted by Crippen LogP contribution is -2.49. The van der Waals surface area contributed by atoms with Crippen molar-refractivity contribution >= 4 is 36.3 Å². The molecule has 240 valence electrons. The second kappa shape index (κ2) is 13.1. The van der Waals surface area contributed by atoms with E-state index in [2.05, 4.69) is 36.1 Å². The summed E-state index contributed by atoms with van der Waals surface area (Å²) in [6.45, 7) is 2.27. The Labute approximate surface area is 266 Å². The molecule has 5 fully saturated rings. The Kier molecular flexibility index (Phi) is 9.04. The lowest BCUT2D eigenvalue weighted by Gasteiger charge is -2.53. The Balaban J connectivity index is 0.00000357. The van der Waals surface area contributed by atoms with Crippen molar-refractivity contribution in [2.45, 2.75) is 57.9 Å². The van der Waals surface area contributed by atoms with Crippen molar-refractivity contribution in [1.29, 1.82) is 0 Å². The topological polar surface area (TPSA) is 176 Å². The number of piperidine rings is 1. The number of nitrogens with two attached hydrogens (primary N) is 1. The highest BCUT2D eigenvalue weighted by atomic mass is 35.5. The predicted molar refractivity (Wildman–Crippen MR) is 164 cm³/mol. The second-order valence-corrected chi connectivity index (χ2v) is 12.6. The van der Waals surface area contributed by atoms with Crippen molar-refractivity contribution in [2.24, 2.45) is 34.7 Å². The molecule has 1 amide bonds. The van der Waals surface area contributed by atoms with E-state index >= 15 is 0 Å². The molecule has 0 atom stereocenters. The maximum atomic E-state index is 13.4. The van der Waals surface area contributed by atoms with E-state index in [0.717, 1.165) is 63.5 Å². The van der Waals surface area contributed by atoms with E-state index < -0.39 is 5.91 Å². The smallest absolute Gasteiger partial charge is 0.315 e. The Morgan fingerprint density at radius 2 is 1.80 bits per heavy atom. The largest absolute Gasteiger partial charge is 0.493 e. The number of hydrogen-bond acceptors (Lipinski definition) is 12. The minimum atomic E-state index is -0.547. The van der Waals surface area contributed by atoms with Crippen molar-refractivity contribution in [2.75, 3.05) is 25.9 Å². The Morgan fingerprint density at radius 1 is 1.07 bits per heavy atom. The van der Waals surface area contributed by atoms with E-state index in [9.17, 15) is 9.59 Å². The van der Waals surface area contributed by atoms with E-state index in [0.29, 0.717) is 41.1 Å². The van der Waals surface area contributed by atoms with Crippen molar-refractivity contribution < 1.29 is 23.7 Å². The van der Waals surface area contributed by atoms with Gasteiger partial charge in [0.15, 0.2) is 17.2 Å². The number of hydrogen-bond donors (Lipinski definition) is 2. The summed E-state index contributed by atoms with van der Waals surface area (Å²) in [5, 5.41) is 19.9. The van der Waals surface area contributed by atoms with Gasteiger partial charge in [-0.2, -0.15) is 9.78 Å². The standard InChI is InChI=1S/C30H37N9O5.ClH/c1-42-24-14-17(5-6-23(24)43-30(41)25-20-10-18-9-19(12-20)13-21(25)11-18)15-32-34-29(40)26-22(16-38-7-3-2-4-8-38)33-37-39(26)28-27(31)35-44-36-28;/h5-6,14-15,18-21,25H,2-4,7-13,16H2,1H3,(H2,31,35)(H,34,40);1H/b32-15+;. The van der Waals surface area contributed by atoms with Crippen LogP contribution >= 0.6 is 12.4 Å². The fourth-order valence-electron chi connectivity index (χ4n) is 8.02. The van der Waals surface area contributed by atoms with Crippen LogP contribution < -0.4 is 20.6 Å². The van der Waals surface area contributed by atoms with Gasteiger partial charge in [-0.3, -0.25) is 14.5 Å². The summed E-state index contributed by atoms with van der Waals surface area (Å²) in [5.74, 6) is 2.54. The van der Waals surface area contributed by atoms with Gasteiger partial charge in [0.05, 0.1) is 19.2 Å². The number of carbonyl (C=O) groups excluding carboxylic acids is 2. The maximum Gasteiger partial charge on any atom is 0.315 e. The van der Waals surface area contributed by atoms with Crippen LogP contribution in [0, 0.1) is 29.6 Å². The van der Waals surface area contributed by atoms with Crippen molar-refractivity contribution in [3.8, 4) is 17.3 Å². The molecule has 0 spiro atoms. The van der Waals surface area contributed by atoms with Gasteiger partial charge < -0.3 is 15.2 Å². The van der Waals surface area contributed by atoms with Gasteiger partial charge in [-0.25, -0.2) is 10.1 Å². The minimum absolute atomic E-state index is 0. The van der Waals surface area contributed by atoms with Crippen LogP contribution in [-0.2, 0) is 11.3 Å². The quantitative estimate of drug-likeness (QED) is 0.152. The third-order valence-corrected chi connectivity index (χ3v) is 9.75. The molecule has 3 heterocycles. The number of benzene rings is 1. The molecule has 1 aliphatic heterocycles. The van der Waals surface area contributed by atoms with E-state index in [1.54, 1.807) is 18.2 Å². The van der Waals surface area contributed by atoms with Crippen LogP contribution in [0.15, 0.2) is 27.9 Å². The van der Waals surface area contributed by atoms with Crippen molar-refractivity contribution in [3.05, 3.63) is 35.2 Å². The van der Waals surface area contributed by atoms with Gasteiger partial charge in [-0.05, 0) is 116 Å². The molecule has 45 heavy (non-hydrogen) atoms. The van der Waals surface area contributed by atoms with Gasteiger partial charge in [0.1, 0.15) is 5.69 Å². The number of nitrogens with one attached hydrogen (secondary N) is 1. The number of halogens is 1. The number of anilines is 1. The van der Waals surface area contributed by atoms with E-state index in [1.807, 2.05) is 0 Å². The number of ether oxygens (including phenoxy) is 2. The number of methoxy groups -OCH3 is 1. The number of rotatable bonds is 9. The van der Waals surface area contributed by atoms with Crippen molar-refractivity contribution in [1.82, 2.24) is 35.6 Å². The molecule has 4 bridgehead atoms. The van der Waals surface area contributed by atoms with Crippen LogP contribution in [0.2, 0.25) is 0 Å². The first-order chi connectivity index (χ1) is 21.5. The number of nitrogen functional groups attached to an aromatic ring is 1. The number of aromatic nitrogens is 5. The van der Waals surface area contributed by atoms with Crippen LogP contribution in [0.5, 0.6) is 11.5 Å². The monoisotopic (exact) mass is 639 g/mol. The van der Waals surface area contributed by atoms with E-state index in [-0.39, 0.29) is 41.6 Å². The lowest BCUT2D eigenvalue weighted by molar-refractivity contribution is -0.152. The lowest BCUT2D eigenvalue weighted by atomic mass is 9.52. The third-order valence-electron chi connectivity index (χ3n) is 9.75. The van der Waals surface area contributed by atoms with Crippen molar-refractivity contribution in [3.63, 3.8) is 0 Å². The summed E-state index contributed by atoms with van der Waals surface area (Å²) in [7, 11) is 1.53. The first-order valence-corrected chi connectivity index (χ1v) is 15.4. The van der Waals surface area contributed by atoms with E-state index in [1.165, 1.54) is 30.8 Å².